The number of hydrazine groups is 1. The van der Waals surface area contributed by atoms with Gasteiger partial charge in [0, 0.05) is 12.6 Å². The second-order valence-electron chi connectivity index (χ2n) is 6.05. The highest BCUT2D eigenvalue weighted by Crippen LogP contribution is 2.44. The molecular weight excluding hydrogens is 256 g/mol. The fourth-order valence-electron chi connectivity index (χ4n) is 3.85. The predicted molar refractivity (Wildman–Crippen MR) is 78.9 cm³/mol. The van der Waals surface area contributed by atoms with Gasteiger partial charge in [0.15, 0.2) is 0 Å². The first-order valence-electron chi connectivity index (χ1n) is 7.45. The van der Waals surface area contributed by atoms with E-state index in [2.05, 4.69) is 22.3 Å². The first-order chi connectivity index (χ1) is 9.33. The van der Waals surface area contributed by atoms with Gasteiger partial charge in [0.25, 0.3) is 0 Å². The molecule has 0 bridgehead atoms. The first-order valence-corrected chi connectivity index (χ1v) is 8.39. The lowest BCUT2D eigenvalue weighted by Gasteiger charge is -2.45. The fraction of sp³-hybridized carbons (Fsp3) is 0.733. The zero-order valence-corrected chi connectivity index (χ0v) is 12.3. The zero-order valence-electron chi connectivity index (χ0n) is 11.4. The summed E-state index contributed by atoms with van der Waals surface area (Å²) in [7, 11) is 0. The Morgan fingerprint density at radius 2 is 2.21 bits per heavy atom. The quantitative estimate of drug-likeness (QED) is 0.659. The van der Waals surface area contributed by atoms with E-state index in [1.807, 2.05) is 0 Å². The van der Waals surface area contributed by atoms with E-state index < -0.39 is 0 Å². The summed E-state index contributed by atoms with van der Waals surface area (Å²) < 4.78 is 6.18. The lowest BCUT2D eigenvalue weighted by molar-refractivity contribution is -0.122. The van der Waals surface area contributed by atoms with Crippen LogP contribution in [-0.4, -0.2) is 12.2 Å². The van der Waals surface area contributed by atoms with Gasteiger partial charge >= 0.3 is 0 Å². The van der Waals surface area contributed by atoms with Crippen molar-refractivity contribution in [3.05, 3.63) is 22.4 Å². The molecule has 4 heteroatoms. The van der Waals surface area contributed by atoms with E-state index in [4.69, 9.17) is 10.6 Å². The molecule has 19 heavy (non-hydrogen) atoms. The van der Waals surface area contributed by atoms with Crippen LogP contribution < -0.4 is 11.3 Å². The van der Waals surface area contributed by atoms with E-state index in [1.54, 1.807) is 11.3 Å². The molecule has 2 atom stereocenters. The summed E-state index contributed by atoms with van der Waals surface area (Å²) in [5, 5.41) is 4.35. The predicted octanol–water partition coefficient (Wildman–Crippen LogP) is 3.38. The van der Waals surface area contributed by atoms with Crippen LogP contribution in [0.15, 0.2) is 16.8 Å². The smallest absolute Gasteiger partial charge is 0.0686 e. The molecule has 0 aromatic carbocycles. The molecule has 1 aromatic heterocycles. The summed E-state index contributed by atoms with van der Waals surface area (Å²) in [5.74, 6) is 6.43. The average molecular weight is 280 g/mol. The van der Waals surface area contributed by atoms with Crippen molar-refractivity contribution >= 4 is 11.3 Å². The van der Waals surface area contributed by atoms with E-state index in [1.165, 1.54) is 37.7 Å². The Labute approximate surface area is 119 Å². The van der Waals surface area contributed by atoms with Crippen LogP contribution in [0.2, 0.25) is 0 Å². The van der Waals surface area contributed by atoms with E-state index in [-0.39, 0.29) is 11.6 Å². The van der Waals surface area contributed by atoms with Crippen LogP contribution in [0, 0.1) is 5.92 Å². The van der Waals surface area contributed by atoms with Crippen molar-refractivity contribution in [1.29, 1.82) is 0 Å². The second-order valence-corrected chi connectivity index (χ2v) is 6.83. The lowest BCUT2D eigenvalue weighted by atomic mass is 9.73. The van der Waals surface area contributed by atoms with Crippen LogP contribution in [-0.2, 0) is 4.74 Å². The Kier molecular flexibility index (Phi) is 4.22. The van der Waals surface area contributed by atoms with E-state index in [0.717, 1.165) is 19.4 Å². The molecule has 106 valence electrons. The van der Waals surface area contributed by atoms with Crippen molar-refractivity contribution in [2.75, 3.05) is 6.61 Å². The van der Waals surface area contributed by atoms with Gasteiger partial charge in [-0.2, -0.15) is 11.3 Å². The number of hydrogen-bond donors (Lipinski definition) is 2. The van der Waals surface area contributed by atoms with Crippen LogP contribution in [0.25, 0.3) is 0 Å². The Hall–Kier alpha value is -0.420. The number of nitrogens with two attached hydrogens (primary N) is 1. The van der Waals surface area contributed by atoms with Crippen molar-refractivity contribution in [3.8, 4) is 0 Å². The SMILES string of the molecule is NNC(c1ccsc1)C1CCOC2(CCCCC2)C1. The van der Waals surface area contributed by atoms with E-state index in [9.17, 15) is 0 Å². The van der Waals surface area contributed by atoms with Gasteiger partial charge in [-0.25, -0.2) is 0 Å². The molecule has 3 N–H and O–H groups in total. The summed E-state index contributed by atoms with van der Waals surface area (Å²) in [5.41, 5.74) is 4.54. The third kappa shape index (κ3) is 2.87. The van der Waals surface area contributed by atoms with Gasteiger partial charge in [-0.15, -0.1) is 0 Å². The number of ether oxygens (including phenoxy) is 1. The third-order valence-electron chi connectivity index (χ3n) is 4.85. The third-order valence-corrected chi connectivity index (χ3v) is 5.55. The molecule has 3 rings (SSSR count). The van der Waals surface area contributed by atoms with Crippen LogP contribution in [0.5, 0.6) is 0 Å². The average Bonchev–Trinajstić information content (AvgIpc) is 2.95. The largest absolute Gasteiger partial charge is 0.375 e. The van der Waals surface area contributed by atoms with Crippen LogP contribution in [0.3, 0.4) is 0 Å². The van der Waals surface area contributed by atoms with Crippen molar-refractivity contribution < 1.29 is 4.74 Å². The number of thiophene rings is 1. The molecular formula is C15H24N2OS. The molecule has 1 spiro atoms. The molecule has 1 aliphatic heterocycles. The standard InChI is InChI=1S/C15H24N2OS/c16-17-14(13-5-9-19-11-13)12-4-8-18-15(10-12)6-2-1-3-7-15/h5,9,11-12,14,17H,1-4,6-8,10,16H2. The van der Waals surface area contributed by atoms with Gasteiger partial charge in [-0.1, -0.05) is 19.3 Å². The highest BCUT2D eigenvalue weighted by Gasteiger charge is 2.40. The van der Waals surface area contributed by atoms with E-state index in [0.29, 0.717) is 5.92 Å². The van der Waals surface area contributed by atoms with Crippen molar-refractivity contribution in [2.24, 2.45) is 11.8 Å². The minimum Gasteiger partial charge on any atom is -0.375 e. The molecule has 0 amide bonds. The molecule has 2 unspecified atom stereocenters. The molecule has 3 nitrogen and oxygen atoms in total. The van der Waals surface area contributed by atoms with Crippen LogP contribution in [0.1, 0.15) is 56.6 Å². The van der Waals surface area contributed by atoms with Crippen molar-refractivity contribution in [2.45, 2.75) is 56.6 Å². The Bertz CT molecular complexity index is 381. The molecule has 1 aromatic rings. The van der Waals surface area contributed by atoms with Crippen LogP contribution >= 0.6 is 11.3 Å². The van der Waals surface area contributed by atoms with E-state index >= 15 is 0 Å². The van der Waals surface area contributed by atoms with Gasteiger partial charge in [0.1, 0.15) is 0 Å². The number of rotatable bonds is 3. The summed E-state index contributed by atoms with van der Waals surface area (Å²) in [6.07, 6.45) is 8.79. The number of nitrogens with one attached hydrogen (secondary N) is 1. The van der Waals surface area contributed by atoms with Gasteiger partial charge < -0.3 is 4.74 Å². The van der Waals surface area contributed by atoms with Crippen LogP contribution in [0.4, 0.5) is 0 Å². The Morgan fingerprint density at radius 3 is 2.89 bits per heavy atom. The topological polar surface area (TPSA) is 47.3 Å². The monoisotopic (exact) mass is 280 g/mol. The van der Waals surface area contributed by atoms with Gasteiger partial charge in [0.05, 0.1) is 5.60 Å². The maximum atomic E-state index is 6.18. The normalized spacial score (nSPS) is 28.4. The summed E-state index contributed by atoms with van der Waals surface area (Å²) in [4.78, 5) is 0. The molecule has 1 aliphatic carbocycles. The first kappa shape index (κ1) is 13.6. The maximum Gasteiger partial charge on any atom is 0.0686 e. The molecule has 0 radical (unpaired) electrons. The summed E-state index contributed by atoms with van der Waals surface area (Å²) in [6.45, 7) is 0.896. The lowest BCUT2D eigenvalue weighted by Crippen LogP contribution is -2.45. The molecule has 1 saturated carbocycles. The summed E-state index contributed by atoms with van der Waals surface area (Å²) >= 11 is 1.75. The minimum atomic E-state index is 0.159. The van der Waals surface area contributed by atoms with Gasteiger partial charge in [-0.3, -0.25) is 11.3 Å². The molecule has 2 fully saturated rings. The van der Waals surface area contributed by atoms with Gasteiger partial charge in [0.2, 0.25) is 0 Å². The number of hydrogen-bond acceptors (Lipinski definition) is 4. The zero-order chi connectivity index (χ0) is 13.1. The second kappa shape index (κ2) is 5.92. The molecule has 1 saturated heterocycles. The highest BCUT2D eigenvalue weighted by atomic mass is 32.1. The van der Waals surface area contributed by atoms with Crippen molar-refractivity contribution in [1.82, 2.24) is 5.43 Å². The van der Waals surface area contributed by atoms with Crippen molar-refractivity contribution in [3.63, 3.8) is 0 Å². The maximum absolute atomic E-state index is 6.18. The minimum absolute atomic E-state index is 0.159. The van der Waals surface area contributed by atoms with Gasteiger partial charge in [-0.05, 0) is 54.0 Å². The Balaban J connectivity index is 1.73. The highest BCUT2D eigenvalue weighted by molar-refractivity contribution is 7.07. The molecule has 2 aliphatic rings. The Morgan fingerprint density at radius 1 is 1.37 bits per heavy atom. The summed E-state index contributed by atoms with van der Waals surface area (Å²) in [6, 6.07) is 2.48. The molecule has 2 heterocycles. The fourth-order valence-corrected chi connectivity index (χ4v) is 4.55.